The molecule has 4 nitrogen and oxygen atoms in total. The summed E-state index contributed by atoms with van der Waals surface area (Å²) in [5.41, 5.74) is 0.980. The second-order valence-electron chi connectivity index (χ2n) is 3.27. The van der Waals surface area contributed by atoms with Gasteiger partial charge in [-0.05, 0) is 13.8 Å². The van der Waals surface area contributed by atoms with Gasteiger partial charge >= 0.3 is 0 Å². The molecule has 0 radical (unpaired) electrons. The van der Waals surface area contributed by atoms with Crippen LogP contribution in [0.3, 0.4) is 0 Å². The van der Waals surface area contributed by atoms with Crippen LogP contribution in [0.2, 0.25) is 0 Å². The van der Waals surface area contributed by atoms with Gasteiger partial charge in [-0.3, -0.25) is 4.68 Å². The Bertz CT molecular complexity index is 391. The van der Waals surface area contributed by atoms with Gasteiger partial charge in [-0.15, -0.1) is 11.3 Å². The highest BCUT2D eigenvalue weighted by Crippen LogP contribution is 2.18. The Kier molecular flexibility index (Phi) is 2.49. The molecular weight excluding hydrogens is 196 g/mol. The van der Waals surface area contributed by atoms with Gasteiger partial charge in [0.05, 0.1) is 11.9 Å². The van der Waals surface area contributed by atoms with Crippen LogP contribution in [0, 0.1) is 0 Å². The maximum absolute atomic E-state index is 4.23. The number of nitrogens with one attached hydrogen (secondary N) is 1. The Morgan fingerprint density at radius 1 is 1.50 bits per heavy atom. The van der Waals surface area contributed by atoms with Gasteiger partial charge in [-0.1, -0.05) is 0 Å². The normalized spacial score (nSPS) is 10.8. The molecule has 74 valence electrons. The lowest BCUT2D eigenvalue weighted by molar-refractivity contribution is 0.532. The number of hydrogen-bond acceptors (Lipinski definition) is 4. The van der Waals surface area contributed by atoms with E-state index in [1.165, 1.54) is 0 Å². The molecule has 2 aromatic heterocycles. The van der Waals surface area contributed by atoms with Crippen molar-refractivity contribution < 1.29 is 0 Å². The van der Waals surface area contributed by atoms with Crippen LogP contribution in [0.4, 0.5) is 10.8 Å². The lowest BCUT2D eigenvalue weighted by Gasteiger charge is -2.02. The second kappa shape index (κ2) is 3.79. The highest BCUT2D eigenvalue weighted by atomic mass is 32.1. The van der Waals surface area contributed by atoms with E-state index in [1.54, 1.807) is 23.7 Å². The fourth-order valence-corrected chi connectivity index (χ4v) is 1.64. The summed E-state index contributed by atoms with van der Waals surface area (Å²) in [5.74, 6) is 0. The maximum atomic E-state index is 4.23. The van der Waals surface area contributed by atoms with E-state index in [0.717, 1.165) is 10.8 Å². The van der Waals surface area contributed by atoms with E-state index >= 15 is 0 Å². The maximum Gasteiger partial charge on any atom is 0.187 e. The summed E-state index contributed by atoms with van der Waals surface area (Å²) in [6.07, 6.45) is 5.56. The average Bonchev–Trinajstić information content (AvgIpc) is 2.75. The number of rotatable bonds is 3. The summed E-state index contributed by atoms with van der Waals surface area (Å²) in [7, 11) is 0. The standard InChI is InChI=1S/C9H12N4S/c1-7(2)13-6-8(5-11-13)12-9-10-3-4-14-9/h3-7H,1-2H3,(H,10,12). The molecule has 0 amide bonds. The largest absolute Gasteiger partial charge is 0.329 e. The van der Waals surface area contributed by atoms with Crippen molar-refractivity contribution in [1.29, 1.82) is 0 Å². The highest BCUT2D eigenvalue weighted by Gasteiger charge is 2.02. The van der Waals surface area contributed by atoms with Crippen molar-refractivity contribution >= 4 is 22.2 Å². The monoisotopic (exact) mass is 208 g/mol. The average molecular weight is 208 g/mol. The van der Waals surface area contributed by atoms with E-state index in [0.29, 0.717) is 6.04 Å². The molecule has 0 fully saturated rings. The molecule has 0 aliphatic rings. The lowest BCUT2D eigenvalue weighted by Crippen LogP contribution is -1.99. The molecule has 2 rings (SSSR count). The van der Waals surface area contributed by atoms with Gasteiger partial charge < -0.3 is 5.32 Å². The number of thiazole rings is 1. The molecule has 0 aromatic carbocycles. The number of nitrogens with zero attached hydrogens (tertiary/aromatic N) is 3. The van der Waals surface area contributed by atoms with Crippen LogP contribution in [-0.4, -0.2) is 14.8 Å². The fraction of sp³-hybridized carbons (Fsp3) is 0.333. The Labute approximate surface area is 86.6 Å². The zero-order valence-electron chi connectivity index (χ0n) is 8.14. The Morgan fingerprint density at radius 3 is 2.93 bits per heavy atom. The molecule has 0 unspecified atom stereocenters. The molecular formula is C9H12N4S. The van der Waals surface area contributed by atoms with Crippen LogP contribution in [-0.2, 0) is 0 Å². The zero-order chi connectivity index (χ0) is 9.97. The molecule has 5 heteroatoms. The third-order valence-corrected chi connectivity index (χ3v) is 2.50. The fourth-order valence-electron chi connectivity index (χ4n) is 1.09. The van der Waals surface area contributed by atoms with Gasteiger partial charge in [-0.25, -0.2) is 4.98 Å². The van der Waals surface area contributed by atoms with E-state index in [1.807, 2.05) is 16.3 Å². The van der Waals surface area contributed by atoms with E-state index < -0.39 is 0 Å². The molecule has 0 saturated heterocycles. The highest BCUT2D eigenvalue weighted by molar-refractivity contribution is 7.13. The molecule has 2 aromatic rings. The van der Waals surface area contributed by atoms with Crippen molar-refractivity contribution in [3.05, 3.63) is 24.0 Å². The molecule has 0 atom stereocenters. The van der Waals surface area contributed by atoms with Crippen molar-refractivity contribution in [3.63, 3.8) is 0 Å². The molecule has 0 bridgehead atoms. The van der Waals surface area contributed by atoms with Gasteiger partial charge in [0, 0.05) is 23.8 Å². The molecule has 0 saturated carbocycles. The summed E-state index contributed by atoms with van der Waals surface area (Å²) in [6, 6.07) is 0.391. The van der Waals surface area contributed by atoms with Crippen LogP contribution >= 0.6 is 11.3 Å². The first kappa shape index (κ1) is 9.21. The minimum atomic E-state index is 0.391. The van der Waals surface area contributed by atoms with Crippen LogP contribution in [0.25, 0.3) is 0 Å². The van der Waals surface area contributed by atoms with Crippen LogP contribution in [0.1, 0.15) is 19.9 Å². The number of aromatic nitrogens is 3. The lowest BCUT2D eigenvalue weighted by atomic mass is 10.4. The summed E-state index contributed by atoms with van der Waals surface area (Å²) < 4.78 is 1.91. The molecule has 2 heterocycles. The van der Waals surface area contributed by atoms with E-state index in [9.17, 15) is 0 Å². The van der Waals surface area contributed by atoms with Crippen LogP contribution < -0.4 is 5.32 Å². The third kappa shape index (κ3) is 1.93. The first-order valence-corrected chi connectivity index (χ1v) is 5.34. The molecule has 0 aliphatic heterocycles. The third-order valence-electron chi connectivity index (χ3n) is 1.81. The van der Waals surface area contributed by atoms with Gasteiger partial charge in [0.1, 0.15) is 0 Å². The topological polar surface area (TPSA) is 42.7 Å². The first-order chi connectivity index (χ1) is 6.75. The summed E-state index contributed by atoms with van der Waals surface area (Å²) in [6.45, 7) is 4.19. The Morgan fingerprint density at radius 2 is 2.36 bits per heavy atom. The number of anilines is 2. The van der Waals surface area contributed by atoms with Gasteiger partial charge in [0.15, 0.2) is 5.13 Å². The minimum absolute atomic E-state index is 0.391. The van der Waals surface area contributed by atoms with Crippen molar-refractivity contribution in [2.75, 3.05) is 5.32 Å². The Hall–Kier alpha value is -1.36. The molecule has 1 N–H and O–H groups in total. The smallest absolute Gasteiger partial charge is 0.187 e. The van der Waals surface area contributed by atoms with Gasteiger partial charge in [0.2, 0.25) is 0 Å². The predicted octanol–water partition coefficient (Wildman–Crippen LogP) is 2.66. The SMILES string of the molecule is CC(C)n1cc(Nc2nccs2)cn1. The summed E-state index contributed by atoms with van der Waals surface area (Å²) in [5, 5.41) is 10.2. The van der Waals surface area contributed by atoms with E-state index in [4.69, 9.17) is 0 Å². The minimum Gasteiger partial charge on any atom is -0.329 e. The van der Waals surface area contributed by atoms with Crippen molar-refractivity contribution in [1.82, 2.24) is 14.8 Å². The quantitative estimate of drug-likeness (QED) is 0.843. The predicted molar refractivity (Wildman–Crippen MR) is 58.0 cm³/mol. The summed E-state index contributed by atoms with van der Waals surface area (Å²) in [4.78, 5) is 4.14. The van der Waals surface area contributed by atoms with E-state index in [2.05, 4.69) is 29.2 Å². The first-order valence-electron chi connectivity index (χ1n) is 4.46. The molecule has 0 spiro atoms. The van der Waals surface area contributed by atoms with Crippen molar-refractivity contribution in [2.45, 2.75) is 19.9 Å². The molecule has 0 aliphatic carbocycles. The van der Waals surface area contributed by atoms with E-state index in [-0.39, 0.29) is 0 Å². The molecule has 14 heavy (non-hydrogen) atoms. The Balaban J connectivity index is 2.11. The van der Waals surface area contributed by atoms with Crippen molar-refractivity contribution in [2.24, 2.45) is 0 Å². The van der Waals surface area contributed by atoms with Crippen LogP contribution in [0.5, 0.6) is 0 Å². The number of hydrogen-bond donors (Lipinski definition) is 1. The summed E-state index contributed by atoms with van der Waals surface area (Å²) >= 11 is 1.58. The second-order valence-corrected chi connectivity index (χ2v) is 4.16. The van der Waals surface area contributed by atoms with Crippen molar-refractivity contribution in [3.8, 4) is 0 Å². The zero-order valence-corrected chi connectivity index (χ0v) is 8.95. The van der Waals surface area contributed by atoms with Crippen LogP contribution in [0.15, 0.2) is 24.0 Å². The van der Waals surface area contributed by atoms with Gasteiger partial charge in [-0.2, -0.15) is 5.10 Å². The van der Waals surface area contributed by atoms with Gasteiger partial charge in [0.25, 0.3) is 0 Å².